The molecule has 152 valence electrons. The zero-order chi connectivity index (χ0) is 21.0. The normalized spacial score (nSPS) is 11.1. The lowest BCUT2D eigenvalue weighted by atomic mass is 9.91. The molecule has 0 aliphatic heterocycles. The molecule has 0 atom stereocenters. The van der Waals surface area contributed by atoms with Crippen LogP contribution in [0.3, 0.4) is 0 Å². The molecular formula is C24H26O5. The number of ether oxygens (including phenoxy) is 4. The van der Waals surface area contributed by atoms with E-state index < -0.39 is 0 Å². The van der Waals surface area contributed by atoms with Crippen molar-refractivity contribution < 1.29 is 24.1 Å². The van der Waals surface area contributed by atoms with Gasteiger partial charge in [0.25, 0.3) is 0 Å². The van der Waals surface area contributed by atoms with Gasteiger partial charge in [0.15, 0.2) is 0 Å². The number of aryl methyl sites for hydroxylation is 1. The summed E-state index contributed by atoms with van der Waals surface area (Å²) in [6, 6.07) is 11.8. The van der Waals surface area contributed by atoms with Crippen molar-refractivity contribution >= 4 is 16.8 Å². The van der Waals surface area contributed by atoms with Crippen LogP contribution in [0.25, 0.3) is 28.0 Å². The van der Waals surface area contributed by atoms with Crippen molar-refractivity contribution in [3.8, 4) is 34.1 Å². The van der Waals surface area contributed by atoms with E-state index in [1.54, 1.807) is 34.5 Å². The minimum absolute atomic E-state index is 0.0603. The molecule has 1 N–H and O–H groups in total. The van der Waals surface area contributed by atoms with Gasteiger partial charge in [-0.15, -0.1) is 0 Å². The Morgan fingerprint density at radius 1 is 0.828 bits per heavy atom. The molecule has 0 amide bonds. The van der Waals surface area contributed by atoms with E-state index in [4.69, 9.17) is 18.9 Å². The third-order valence-corrected chi connectivity index (χ3v) is 4.86. The summed E-state index contributed by atoms with van der Waals surface area (Å²) in [5.74, 6) is 2.84. The van der Waals surface area contributed by atoms with E-state index >= 15 is 0 Å². The molecule has 3 aromatic carbocycles. The second-order valence-corrected chi connectivity index (χ2v) is 6.58. The third kappa shape index (κ3) is 3.87. The van der Waals surface area contributed by atoms with Gasteiger partial charge in [-0.3, -0.25) is 0 Å². The maximum absolute atomic E-state index is 9.30. The van der Waals surface area contributed by atoms with E-state index in [0.717, 1.165) is 44.5 Å². The Morgan fingerprint density at radius 3 is 2.17 bits per heavy atom. The number of rotatable bonds is 7. The molecule has 3 aromatic rings. The summed E-state index contributed by atoms with van der Waals surface area (Å²) in [4.78, 5) is 0. The maximum atomic E-state index is 9.30. The summed E-state index contributed by atoms with van der Waals surface area (Å²) in [7, 11) is 6.56. The van der Waals surface area contributed by atoms with E-state index in [-0.39, 0.29) is 6.61 Å². The van der Waals surface area contributed by atoms with Crippen LogP contribution in [0.15, 0.2) is 42.5 Å². The Bertz CT molecular complexity index is 1050. The lowest BCUT2D eigenvalue weighted by Crippen LogP contribution is -1.97. The molecule has 0 fully saturated rings. The van der Waals surface area contributed by atoms with Gasteiger partial charge in [-0.2, -0.15) is 0 Å². The molecule has 5 heteroatoms. The van der Waals surface area contributed by atoms with Crippen LogP contribution in [-0.4, -0.2) is 40.2 Å². The van der Waals surface area contributed by atoms with E-state index in [1.165, 1.54) is 0 Å². The summed E-state index contributed by atoms with van der Waals surface area (Å²) in [5.41, 5.74) is 3.82. The van der Waals surface area contributed by atoms with Crippen molar-refractivity contribution in [1.82, 2.24) is 0 Å². The molecule has 0 aromatic heterocycles. The molecule has 29 heavy (non-hydrogen) atoms. The highest BCUT2D eigenvalue weighted by Gasteiger charge is 2.19. The van der Waals surface area contributed by atoms with Gasteiger partial charge in [0.05, 0.1) is 40.4 Å². The van der Waals surface area contributed by atoms with Crippen molar-refractivity contribution in [2.24, 2.45) is 0 Å². The van der Waals surface area contributed by atoms with Crippen molar-refractivity contribution in [3.63, 3.8) is 0 Å². The van der Waals surface area contributed by atoms with Crippen LogP contribution in [0.1, 0.15) is 11.1 Å². The number of benzene rings is 3. The van der Waals surface area contributed by atoms with Gasteiger partial charge in [-0.05, 0) is 53.3 Å². The molecule has 0 unspecified atom stereocenters. The fraction of sp³-hybridized carbons (Fsp3) is 0.250. The molecule has 3 rings (SSSR count). The molecule has 0 saturated heterocycles. The zero-order valence-electron chi connectivity index (χ0n) is 17.4. The zero-order valence-corrected chi connectivity index (χ0v) is 17.4. The average Bonchev–Trinajstić information content (AvgIpc) is 2.75. The van der Waals surface area contributed by atoms with Gasteiger partial charge in [0.2, 0.25) is 0 Å². The van der Waals surface area contributed by atoms with Crippen molar-refractivity contribution in [2.45, 2.75) is 6.92 Å². The summed E-state index contributed by atoms with van der Waals surface area (Å²) in [6.07, 6.45) is 3.55. The Hall–Kier alpha value is -3.18. The monoisotopic (exact) mass is 394 g/mol. The molecule has 0 saturated carbocycles. The first-order valence-corrected chi connectivity index (χ1v) is 9.27. The second-order valence-electron chi connectivity index (χ2n) is 6.58. The predicted octanol–water partition coefficient (Wildman–Crippen LogP) is 4.86. The molecule has 0 spiro atoms. The number of fused-ring (bicyclic) bond motifs is 1. The Kier molecular flexibility index (Phi) is 6.29. The molecule has 0 bridgehead atoms. The SMILES string of the molecule is COc1cc(/C=C\CO)c(-c2ccc(OC)c3c(OC)cc(C)cc23)c(OC)c1. The lowest BCUT2D eigenvalue weighted by Gasteiger charge is -2.19. The van der Waals surface area contributed by atoms with Crippen molar-refractivity contribution in [1.29, 1.82) is 0 Å². The fourth-order valence-electron chi connectivity index (χ4n) is 3.59. The minimum Gasteiger partial charge on any atom is -0.497 e. The topological polar surface area (TPSA) is 57.2 Å². The van der Waals surface area contributed by atoms with Crippen LogP contribution in [0.2, 0.25) is 0 Å². The smallest absolute Gasteiger partial charge is 0.131 e. The van der Waals surface area contributed by atoms with Gasteiger partial charge in [0, 0.05) is 11.6 Å². The van der Waals surface area contributed by atoms with Gasteiger partial charge in [-0.1, -0.05) is 18.2 Å². The maximum Gasteiger partial charge on any atom is 0.131 e. The van der Waals surface area contributed by atoms with Crippen LogP contribution in [0.4, 0.5) is 0 Å². The Balaban J connectivity index is 2.45. The number of aliphatic hydroxyl groups is 1. The average molecular weight is 394 g/mol. The van der Waals surface area contributed by atoms with Gasteiger partial charge in [-0.25, -0.2) is 0 Å². The standard InChI is InChI=1S/C24H26O5/c1-15-11-19-18(8-9-20(27-3)24(19)21(12-15)28-4)23-16(7-6-10-25)13-17(26-2)14-22(23)29-5/h6-9,11-14,25H,10H2,1-5H3/b7-6-. The number of hydrogen-bond donors (Lipinski definition) is 1. The van der Waals surface area contributed by atoms with Crippen LogP contribution >= 0.6 is 0 Å². The summed E-state index contributed by atoms with van der Waals surface area (Å²) in [6.45, 7) is 1.97. The van der Waals surface area contributed by atoms with E-state index in [0.29, 0.717) is 11.5 Å². The Labute approximate surface area is 171 Å². The van der Waals surface area contributed by atoms with E-state index in [1.807, 2.05) is 43.3 Å². The largest absolute Gasteiger partial charge is 0.497 e. The fourth-order valence-corrected chi connectivity index (χ4v) is 3.59. The van der Waals surface area contributed by atoms with Crippen LogP contribution in [0.5, 0.6) is 23.0 Å². The van der Waals surface area contributed by atoms with Gasteiger partial charge >= 0.3 is 0 Å². The van der Waals surface area contributed by atoms with Crippen LogP contribution in [-0.2, 0) is 0 Å². The van der Waals surface area contributed by atoms with E-state index in [2.05, 4.69) is 6.07 Å². The summed E-state index contributed by atoms with van der Waals surface area (Å²) in [5, 5.41) is 11.2. The highest BCUT2D eigenvalue weighted by Crippen LogP contribution is 2.45. The molecular weight excluding hydrogens is 368 g/mol. The van der Waals surface area contributed by atoms with Crippen molar-refractivity contribution in [3.05, 3.63) is 53.6 Å². The summed E-state index contributed by atoms with van der Waals surface area (Å²) < 4.78 is 22.4. The first-order chi connectivity index (χ1) is 14.1. The number of methoxy groups -OCH3 is 4. The number of aliphatic hydroxyl groups excluding tert-OH is 1. The number of hydrogen-bond acceptors (Lipinski definition) is 5. The summed E-state index contributed by atoms with van der Waals surface area (Å²) >= 11 is 0. The third-order valence-electron chi connectivity index (χ3n) is 4.86. The van der Waals surface area contributed by atoms with Crippen LogP contribution < -0.4 is 18.9 Å². The minimum atomic E-state index is -0.0603. The molecule has 0 aliphatic rings. The van der Waals surface area contributed by atoms with Gasteiger partial charge in [0.1, 0.15) is 23.0 Å². The highest BCUT2D eigenvalue weighted by atomic mass is 16.5. The molecule has 0 radical (unpaired) electrons. The van der Waals surface area contributed by atoms with Gasteiger partial charge < -0.3 is 24.1 Å². The second kappa shape index (κ2) is 8.88. The first-order valence-electron chi connectivity index (χ1n) is 9.27. The van der Waals surface area contributed by atoms with Crippen LogP contribution in [0, 0.1) is 6.92 Å². The van der Waals surface area contributed by atoms with Crippen molar-refractivity contribution in [2.75, 3.05) is 35.0 Å². The quantitative estimate of drug-likeness (QED) is 0.620. The molecule has 5 nitrogen and oxygen atoms in total. The lowest BCUT2D eigenvalue weighted by molar-refractivity contribution is 0.343. The predicted molar refractivity (Wildman–Crippen MR) is 116 cm³/mol. The molecule has 0 heterocycles. The Morgan fingerprint density at radius 2 is 1.55 bits per heavy atom. The highest BCUT2D eigenvalue weighted by molar-refractivity contribution is 6.06. The molecule has 0 aliphatic carbocycles. The van der Waals surface area contributed by atoms with E-state index in [9.17, 15) is 5.11 Å². The first kappa shape index (κ1) is 20.6.